The second-order valence-corrected chi connectivity index (χ2v) is 11.0. The minimum Gasteiger partial charge on any atom is -0.459 e. The average Bonchev–Trinajstić information content (AvgIpc) is 3.47. The molecule has 1 aliphatic carbocycles. The molecule has 3 aromatic heterocycles. The van der Waals surface area contributed by atoms with Gasteiger partial charge >= 0.3 is 0 Å². The third kappa shape index (κ3) is 4.42. The summed E-state index contributed by atoms with van der Waals surface area (Å²) >= 11 is 12.4. The fraction of sp³-hybridized carbons (Fsp3) is 0.261. The van der Waals surface area contributed by atoms with E-state index in [0.29, 0.717) is 22.9 Å². The van der Waals surface area contributed by atoms with Gasteiger partial charge in [0.25, 0.3) is 5.56 Å². The lowest BCUT2D eigenvalue weighted by molar-refractivity contribution is 0.345. The van der Waals surface area contributed by atoms with Gasteiger partial charge in [0, 0.05) is 30.2 Å². The monoisotopic (exact) mass is 482 g/mol. The molecule has 9 heteroatoms. The number of aromatic nitrogens is 4. The molecule has 0 saturated heterocycles. The molecule has 1 aliphatic rings. The quantitative estimate of drug-likeness (QED) is 0.274. The van der Waals surface area contributed by atoms with E-state index in [1.807, 2.05) is 31.3 Å². The molecule has 3 heterocycles. The van der Waals surface area contributed by atoms with Crippen molar-refractivity contribution in [2.24, 2.45) is 5.92 Å². The Kier molecular flexibility index (Phi) is 5.51. The zero-order chi connectivity index (χ0) is 22.5. The average molecular weight is 483 g/mol. The summed E-state index contributed by atoms with van der Waals surface area (Å²) in [5.41, 5.74) is 4.34. The summed E-state index contributed by atoms with van der Waals surface area (Å²) in [6.45, 7) is 2.82. The Morgan fingerprint density at radius 1 is 1.09 bits per heavy atom. The van der Waals surface area contributed by atoms with Gasteiger partial charge in [-0.05, 0) is 62.1 Å². The maximum Gasteiger partial charge on any atom is 0.281 e. The second kappa shape index (κ2) is 8.20. The molecule has 32 heavy (non-hydrogen) atoms. The molecule has 1 fully saturated rings. The number of nitrogens with zero attached hydrogens (tertiary/aromatic N) is 4. The van der Waals surface area contributed by atoms with Crippen LogP contribution in [0, 0.1) is 12.8 Å². The molecule has 164 valence electrons. The molecule has 0 amide bonds. The van der Waals surface area contributed by atoms with Crippen molar-refractivity contribution in [3.05, 3.63) is 70.9 Å². The molecule has 6 nitrogen and oxygen atoms in total. The van der Waals surface area contributed by atoms with E-state index in [-0.39, 0.29) is 5.56 Å². The van der Waals surface area contributed by atoms with Crippen LogP contribution in [0.3, 0.4) is 0 Å². The Bertz CT molecular complexity index is 1340. The first-order chi connectivity index (χ1) is 15.3. The molecule has 0 aliphatic heterocycles. The molecule has 0 N–H and O–H groups in total. The van der Waals surface area contributed by atoms with Crippen molar-refractivity contribution in [3.8, 4) is 22.6 Å². The van der Waals surface area contributed by atoms with Gasteiger partial charge in [0.05, 0.1) is 16.8 Å². The van der Waals surface area contributed by atoms with E-state index in [1.165, 1.54) is 17.5 Å². The van der Waals surface area contributed by atoms with Crippen LogP contribution in [0.1, 0.15) is 18.5 Å². The Labute approximate surface area is 201 Å². The van der Waals surface area contributed by atoms with Gasteiger partial charge in [0.2, 0.25) is 3.60 Å². The SMILES string of the molecule is Cc1ccc(-c2c(=O)n(-c3ccc(OC(S)(S)S)cc3)nc3ccn(CC4CC4)c23)cn1. The molecular weight excluding hydrogens is 460 g/mol. The maximum atomic E-state index is 13.7. The fourth-order valence-electron chi connectivity index (χ4n) is 3.77. The van der Waals surface area contributed by atoms with E-state index < -0.39 is 3.60 Å². The van der Waals surface area contributed by atoms with Crippen molar-refractivity contribution < 1.29 is 4.74 Å². The molecule has 1 saturated carbocycles. The van der Waals surface area contributed by atoms with Crippen molar-refractivity contribution in [1.82, 2.24) is 19.3 Å². The number of pyridine rings is 1. The molecule has 0 bridgehead atoms. The van der Waals surface area contributed by atoms with Gasteiger partial charge in [-0.1, -0.05) is 6.07 Å². The van der Waals surface area contributed by atoms with Crippen LogP contribution in [-0.4, -0.2) is 22.9 Å². The Morgan fingerprint density at radius 3 is 2.47 bits per heavy atom. The standard InChI is InChI=1S/C23H22N4O2S3/c1-14-2-5-16(12-24-14)20-21-19(10-11-26(21)13-15-3-4-15)25-27(22(20)28)17-6-8-18(9-7-17)29-23(30,31)32/h2,5-12,15,30-32H,3-4,13H2,1H3. The van der Waals surface area contributed by atoms with Gasteiger partial charge in [-0.25, -0.2) is 0 Å². The highest BCUT2D eigenvalue weighted by Gasteiger charge is 2.25. The number of hydrogen-bond donors (Lipinski definition) is 3. The number of ether oxygens (including phenoxy) is 1. The molecule has 1 aromatic carbocycles. The number of fused-ring (bicyclic) bond motifs is 1. The van der Waals surface area contributed by atoms with Crippen molar-refractivity contribution in [2.45, 2.75) is 29.9 Å². The molecule has 4 aromatic rings. The molecule has 5 rings (SSSR count). The van der Waals surface area contributed by atoms with Crippen LogP contribution in [0.25, 0.3) is 27.8 Å². The first-order valence-electron chi connectivity index (χ1n) is 10.3. The maximum absolute atomic E-state index is 13.7. The van der Waals surface area contributed by atoms with E-state index in [4.69, 9.17) is 4.74 Å². The van der Waals surface area contributed by atoms with Crippen LogP contribution in [0.4, 0.5) is 0 Å². The number of aryl methyl sites for hydroxylation is 1. The third-order valence-corrected chi connectivity index (χ3v) is 5.75. The van der Waals surface area contributed by atoms with Gasteiger partial charge in [-0.2, -0.15) is 9.78 Å². The Morgan fingerprint density at radius 2 is 1.84 bits per heavy atom. The summed E-state index contributed by atoms with van der Waals surface area (Å²) in [6.07, 6.45) is 6.23. The minimum absolute atomic E-state index is 0.195. The highest BCUT2D eigenvalue weighted by molar-refractivity contribution is 8.16. The van der Waals surface area contributed by atoms with Gasteiger partial charge in [0.1, 0.15) is 11.3 Å². The largest absolute Gasteiger partial charge is 0.459 e. The summed E-state index contributed by atoms with van der Waals surface area (Å²) in [5, 5.41) is 4.68. The highest BCUT2D eigenvalue weighted by Crippen LogP contribution is 2.34. The van der Waals surface area contributed by atoms with Crippen molar-refractivity contribution in [2.75, 3.05) is 0 Å². The van der Waals surface area contributed by atoms with Crippen LogP contribution >= 0.6 is 37.9 Å². The summed E-state index contributed by atoms with van der Waals surface area (Å²) in [4.78, 5) is 18.1. The highest BCUT2D eigenvalue weighted by atomic mass is 32.2. The fourth-order valence-corrected chi connectivity index (χ4v) is 4.09. The lowest BCUT2D eigenvalue weighted by Gasteiger charge is -2.18. The molecular formula is C23H22N4O2S3. The normalized spacial score (nSPS) is 14.1. The van der Waals surface area contributed by atoms with Crippen molar-refractivity contribution in [3.63, 3.8) is 0 Å². The van der Waals surface area contributed by atoms with Gasteiger partial charge in [-0.15, -0.1) is 37.9 Å². The molecule has 0 unspecified atom stereocenters. The first-order valence-corrected chi connectivity index (χ1v) is 11.6. The lowest BCUT2D eigenvalue weighted by atomic mass is 10.1. The van der Waals surface area contributed by atoms with E-state index in [1.54, 1.807) is 30.5 Å². The first kappa shape index (κ1) is 21.5. The predicted octanol–water partition coefficient (Wildman–Crippen LogP) is 4.75. The lowest BCUT2D eigenvalue weighted by Crippen LogP contribution is -2.24. The zero-order valence-corrected chi connectivity index (χ0v) is 20.0. The van der Waals surface area contributed by atoms with Gasteiger partial charge in [-0.3, -0.25) is 9.78 Å². The van der Waals surface area contributed by atoms with Crippen LogP contribution in [0.2, 0.25) is 0 Å². The van der Waals surface area contributed by atoms with Crippen molar-refractivity contribution in [1.29, 1.82) is 0 Å². The smallest absolute Gasteiger partial charge is 0.281 e. The Balaban J connectivity index is 1.67. The third-order valence-electron chi connectivity index (χ3n) is 5.48. The van der Waals surface area contributed by atoms with Crippen LogP contribution in [-0.2, 0) is 6.54 Å². The molecule has 0 atom stereocenters. The van der Waals surface area contributed by atoms with E-state index in [0.717, 1.165) is 28.8 Å². The van der Waals surface area contributed by atoms with Crippen LogP contribution in [0.5, 0.6) is 5.75 Å². The summed E-state index contributed by atoms with van der Waals surface area (Å²) in [6, 6.07) is 12.8. The summed E-state index contributed by atoms with van der Waals surface area (Å²) in [7, 11) is 0. The number of hydrogen-bond acceptors (Lipinski definition) is 7. The number of thiol groups is 3. The van der Waals surface area contributed by atoms with Gasteiger partial charge in [0.15, 0.2) is 0 Å². The summed E-state index contributed by atoms with van der Waals surface area (Å²) in [5.74, 6) is 1.20. The predicted molar refractivity (Wildman–Crippen MR) is 136 cm³/mol. The van der Waals surface area contributed by atoms with Crippen LogP contribution < -0.4 is 10.3 Å². The Hall–Kier alpha value is -2.36. The number of benzene rings is 1. The van der Waals surface area contributed by atoms with Crippen LogP contribution in [0.15, 0.2) is 59.7 Å². The zero-order valence-electron chi connectivity index (χ0n) is 17.3. The number of rotatable bonds is 6. The molecule has 0 radical (unpaired) electrons. The second-order valence-electron chi connectivity index (χ2n) is 8.10. The summed E-state index contributed by atoms with van der Waals surface area (Å²) < 4.78 is 7.90. The minimum atomic E-state index is -1.20. The van der Waals surface area contributed by atoms with Gasteiger partial charge < -0.3 is 9.30 Å². The van der Waals surface area contributed by atoms with E-state index in [9.17, 15) is 4.79 Å². The van der Waals surface area contributed by atoms with E-state index >= 15 is 0 Å². The van der Waals surface area contributed by atoms with E-state index in [2.05, 4.69) is 52.5 Å². The molecule has 0 spiro atoms. The topological polar surface area (TPSA) is 61.9 Å². The van der Waals surface area contributed by atoms with Crippen molar-refractivity contribution >= 4 is 48.9 Å².